The van der Waals surface area contributed by atoms with Crippen molar-refractivity contribution >= 4 is 11.8 Å². The Bertz CT molecular complexity index is 559. The van der Waals surface area contributed by atoms with Gasteiger partial charge >= 0.3 is 0 Å². The molecule has 0 radical (unpaired) electrons. The second kappa shape index (κ2) is 5.13. The van der Waals surface area contributed by atoms with Crippen LogP contribution in [0.3, 0.4) is 0 Å². The summed E-state index contributed by atoms with van der Waals surface area (Å²) in [4.78, 5) is 30.6. The van der Waals surface area contributed by atoms with Gasteiger partial charge in [0.15, 0.2) is 0 Å². The zero-order chi connectivity index (χ0) is 15.0. The lowest BCUT2D eigenvalue weighted by Crippen LogP contribution is -2.65. The maximum absolute atomic E-state index is 12.8. The van der Waals surface area contributed by atoms with Crippen molar-refractivity contribution in [3.8, 4) is 0 Å². The number of carbonyl (C=O) groups excluding carboxylic acids is 2. The molecule has 1 spiro atoms. The fourth-order valence-corrected chi connectivity index (χ4v) is 3.34. The van der Waals surface area contributed by atoms with Gasteiger partial charge in [-0.25, -0.2) is 9.67 Å². The van der Waals surface area contributed by atoms with Crippen molar-refractivity contribution in [2.75, 3.05) is 6.54 Å². The van der Waals surface area contributed by atoms with Gasteiger partial charge in [-0.05, 0) is 26.7 Å². The molecule has 1 aliphatic carbocycles. The van der Waals surface area contributed by atoms with E-state index in [9.17, 15) is 9.59 Å². The van der Waals surface area contributed by atoms with E-state index >= 15 is 0 Å². The fourth-order valence-electron chi connectivity index (χ4n) is 3.34. The summed E-state index contributed by atoms with van der Waals surface area (Å²) in [6, 6.07) is 0.177. The van der Waals surface area contributed by atoms with Crippen LogP contribution in [0.25, 0.3) is 0 Å². The Labute approximate surface area is 123 Å². The third kappa shape index (κ3) is 2.41. The van der Waals surface area contributed by atoms with Crippen LogP contribution in [0.15, 0.2) is 6.33 Å². The van der Waals surface area contributed by atoms with Gasteiger partial charge in [-0.15, -0.1) is 0 Å². The Hall–Kier alpha value is -1.92. The molecular weight excluding hydrogens is 270 g/mol. The average Bonchev–Trinajstić information content (AvgIpc) is 3.05. The van der Waals surface area contributed by atoms with Crippen LogP contribution in [0.4, 0.5) is 0 Å². The van der Waals surface area contributed by atoms with Crippen LogP contribution in [-0.2, 0) is 16.1 Å². The molecule has 1 aliphatic heterocycles. The van der Waals surface area contributed by atoms with Crippen molar-refractivity contribution in [3.63, 3.8) is 0 Å². The van der Waals surface area contributed by atoms with Crippen molar-refractivity contribution in [2.24, 2.45) is 0 Å². The van der Waals surface area contributed by atoms with Gasteiger partial charge < -0.3 is 10.2 Å². The Morgan fingerprint density at radius 2 is 2.05 bits per heavy atom. The summed E-state index contributed by atoms with van der Waals surface area (Å²) in [5.41, 5.74) is -0.669. The predicted molar refractivity (Wildman–Crippen MR) is 75.2 cm³/mol. The van der Waals surface area contributed by atoms with Gasteiger partial charge in [0, 0.05) is 6.04 Å². The first-order valence-electron chi connectivity index (χ1n) is 7.51. The van der Waals surface area contributed by atoms with E-state index in [1.807, 2.05) is 13.8 Å². The summed E-state index contributed by atoms with van der Waals surface area (Å²) in [5, 5.41) is 7.10. The topological polar surface area (TPSA) is 80.1 Å². The number of hydrogen-bond acceptors (Lipinski definition) is 4. The minimum Gasteiger partial charge on any atom is -0.340 e. The average molecular weight is 291 g/mol. The highest BCUT2D eigenvalue weighted by molar-refractivity contribution is 5.98. The molecule has 7 nitrogen and oxygen atoms in total. The molecule has 1 saturated heterocycles. The van der Waals surface area contributed by atoms with Crippen LogP contribution in [0.1, 0.15) is 51.4 Å². The molecule has 2 amide bonds. The van der Waals surface area contributed by atoms with Crippen LogP contribution in [-0.4, -0.2) is 43.6 Å². The molecule has 3 rings (SSSR count). The summed E-state index contributed by atoms with van der Waals surface area (Å²) >= 11 is 0. The first-order valence-corrected chi connectivity index (χ1v) is 7.51. The summed E-state index contributed by atoms with van der Waals surface area (Å²) in [5.74, 6) is 0.672. The van der Waals surface area contributed by atoms with Gasteiger partial charge in [0.2, 0.25) is 11.8 Å². The lowest BCUT2D eigenvalue weighted by atomic mass is 9.93. The summed E-state index contributed by atoms with van der Waals surface area (Å²) in [6.07, 6.45) is 4.95. The van der Waals surface area contributed by atoms with Gasteiger partial charge in [-0.1, -0.05) is 12.8 Å². The number of hydrogen-bond donors (Lipinski definition) is 1. The third-order valence-electron chi connectivity index (χ3n) is 4.34. The first kappa shape index (κ1) is 14.0. The number of aromatic nitrogens is 3. The molecule has 1 aromatic rings. The second-order valence-corrected chi connectivity index (χ2v) is 6.21. The Kier molecular flexibility index (Phi) is 3.43. The molecule has 1 N–H and O–H groups in total. The molecule has 0 unspecified atom stereocenters. The highest BCUT2D eigenvalue weighted by Gasteiger charge is 2.48. The number of nitrogens with one attached hydrogen (secondary N) is 1. The van der Waals surface area contributed by atoms with E-state index in [0.29, 0.717) is 6.54 Å². The van der Waals surface area contributed by atoms with E-state index in [-0.39, 0.29) is 24.4 Å². The summed E-state index contributed by atoms with van der Waals surface area (Å²) in [6.45, 7) is 4.47. The van der Waals surface area contributed by atoms with Crippen LogP contribution in [0.2, 0.25) is 0 Å². The molecule has 2 fully saturated rings. The number of amides is 2. The molecule has 114 valence electrons. The van der Waals surface area contributed by atoms with Crippen LogP contribution in [0, 0.1) is 0 Å². The van der Waals surface area contributed by atoms with Crippen LogP contribution >= 0.6 is 0 Å². The monoisotopic (exact) mass is 291 g/mol. The molecule has 0 bridgehead atoms. The molecule has 1 aromatic heterocycles. The van der Waals surface area contributed by atoms with Crippen molar-refractivity contribution in [1.82, 2.24) is 25.0 Å². The Balaban J connectivity index is 1.82. The predicted octanol–water partition coefficient (Wildman–Crippen LogP) is 0.630. The minimum absolute atomic E-state index is 0.0258. The maximum Gasteiger partial charge on any atom is 0.249 e. The molecule has 1 saturated carbocycles. The molecule has 0 atom stereocenters. The van der Waals surface area contributed by atoms with E-state index < -0.39 is 5.54 Å². The first-order chi connectivity index (χ1) is 10.0. The van der Waals surface area contributed by atoms with E-state index in [2.05, 4.69) is 15.4 Å². The smallest absolute Gasteiger partial charge is 0.249 e. The Morgan fingerprint density at radius 1 is 1.33 bits per heavy atom. The minimum atomic E-state index is -0.669. The lowest BCUT2D eigenvalue weighted by molar-refractivity contribution is -0.150. The normalized spacial score (nSPS) is 21.4. The standard InChI is InChI=1S/C14H21N5O2/c1-10(2)19-11(15-9-16-19)7-18-8-12(20)17-14(13(18)21)5-3-4-6-14/h9-10H,3-8H2,1-2H3,(H,17,20). The number of piperazine rings is 1. The maximum atomic E-state index is 12.8. The number of nitrogens with zero attached hydrogens (tertiary/aromatic N) is 4. The summed E-state index contributed by atoms with van der Waals surface area (Å²) < 4.78 is 1.79. The third-order valence-corrected chi connectivity index (χ3v) is 4.34. The molecule has 0 aromatic carbocycles. The highest BCUT2D eigenvalue weighted by Crippen LogP contribution is 2.33. The largest absolute Gasteiger partial charge is 0.340 e. The Morgan fingerprint density at radius 3 is 2.71 bits per heavy atom. The summed E-state index contributed by atoms with van der Waals surface area (Å²) in [7, 11) is 0. The molecule has 7 heteroatoms. The molecular formula is C14H21N5O2. The van der Waals surface area contributed by atoms with Gasteiger partial charge in [0.25, 0.3) is 0 Å². The molecule has 2 aliphatic rings. The quantitative estimate of drug-likeness (QED) is 0.886. The van der Waals surface area contributed by atoms with Crippen molar-refractivity contribution < 1.29 is 9.59 Å². The van der Waals surface area contributed by atoms with Gasteiger partial charge in [-0.2, -0.15) is 5.10 Å². The number of carbonyl (C=O) groups is 2. The second-order valence-electron chi connectivity index (χ2n) is 6.21. The van der Waals surface area contributed by atoms with Crippen molar-refractivity contribution in [2.45, 2.75) is 57.7 Å². The van der Waals surface area contributed by atoms with Crippen LogP contribution in [0.5, 0.6) is 0 Å². The zero-order valence-corrected chi connectivity index (χ0v) is 12.5. The van der Waals surface area contributed by atoms with Crippen molar-refractivity contribution in [1.29, 1.82) is 0 Å². The van der Waals surface area contributed by atoms with Gasteiger partial charge in [-0.3, -0.25) is 9.59 Å². The molecule has 2 heterocycles. The van der Waals surface area contributed by atoms with Crippen molar-refractivity contribution in [3.05, 3.63) is 12.2 Å². The SMILES string of the molecule is CC(C)n1ncnc1CN1CC(=O)NC2(CCCC2)C1=O. The molecule has 21 heavy (non-hydrogen) atoms. The van der Waals surface area contributed by atoms with E-state index in [0.717, 1.165) is 31.5 Å². The van der Waals surface area contributed by atoms with E-state index in [1.54, 1.807) is 9.58 Å². The fraction of sp³-hybridized carbons (Fsp3) is 0.714. The van der Waals surface area contributed by atoms with Gasteiger partial charge in [0.1, 0.15) is 24.2 Å². The highest BCUT2D eigenvalue weighted by atomic mass is 16.2. The van der Waals surface area contributed by atoms with Crippen LogP contribution < -0.4 is 5.32 Å². The number of rotatable bonds is 3. The lowest BCUT2D eigenvalue weighted by Gasteiger charge is -2.39. The van der Waals surface area contributed by atoms with E-state index in [4.69, 9.17) is 0 Å². The zero-order valence-electron chi connectivity index (χ0n) is 12.5. The van der Waals surface area contributed by atoms with Gasteiger partial charge in [0.05, 0.1) is 6.54 Å². The van der Waals surface area contributed by atoms with E-state index in [1.165, 1.54) is 6.33 Å².